The van der Waals surface area contributed by atoms with Crippen LogP contribution in [-0.2, 0) is 0 Å². The lowest BCUT2D eigenvalue weighted by molar-refractivity contribution is 0.199. The van der Waals surface area contributed by atoms with Crippen molar-refractivity contribution in [2.75, 3.05) is 19.0 Å². The van der Waals surface area contributed by atoms with E-state index >= 15 is 0 Å². The number of hydrogen-bond acceptors (Lipinski definition) is 5. The molecule has 33 heavy (non-hydrogen) atoms. The Bertz CT molecular complexity index is 1350. The molecule has 164 valence electrons. The summed E-state index contributed by atoms with van der Waals surface area (Å²) in [6.45, 7) is 0.623. The van der Waals surface area contributed by atoms with E-state index in [2.05, 4.69) is 11.4 Å². The van der Waals surface area contributed by atoms with Crippen molar-refractivity contribution in [3.05, 3.63) is 78.2 Å². The Morgan fingerprint density at radius 1 is 1.18 bits per heavy atom. The Morgan fingerprint density at radius 3 is 2.79 bits per heavy atom. The lowest BCUT2D eigenvalue weighted by atomic mass is 10.0. The number of aromatic nitrogens is 1. The molecule has 3 aromatic carbocycles. The van der Waals surface area contributed by atoms with Gasteiger partial charge in [-0.15, -0.1) is 0 Å². The van der Waals surface area contributed by atoms with E-state index < -0.39 is 0 Å². The zero-order chi connectivity index (χ0) is 22.8. The first-order valence-electron chi connectivity index (χ1n) is 10.8. The molecule has 4 aromatic rings. The average Bonchev–Trinajstić information content (AvgIpc) is 3.51. The van der Waals surface area contributed by atoms with Crippen molar-refractivity contribution in [3.63, 3.8) is 0 Å². The number of nitrogens with one attached hydrogen (secondary N) is 1. The van der Waals surface area contributed by atoms with Crippen LogP contribution < -0.4 is 10.1 Å². The number of rotatable bonds is 4. The second-order valence-corrected chi connectivity index (χ2v) is 7.91. The molecule has 1 aliphatic rings. The number of oxazole rings is 1. The van der Waals surface area contributed by atoms with Crippen molar-refractivity contribution in [1.29, 1.82) is 5.26 Å². The number of benzene rings is 3. The molecule has 0 aliphatic carbocycles. The van der Waals surface area contributed by atoms with Gasteiger partial charge in [-0.25, -0.2) is 9.78 Å². The van der Waals surface area contributed by atoms with Gasteiger partial charge in [0.1, 0.15) is 17.3 Å². The predicted octanol–water partition coefficient (Wildman–Crippen LogP) is 5.74. The van der Waals surface area contributed by atoms with E-state index in [-0.39, 0.29) is 12.1 Å². The van der Waals surface area contributed by atoms with Crippen molar-refractivity contribution >= 4 is 22.8 Å². The van der Waals surface area contributed by atoms with Crippen molar-refractivity contribution < 1.29 is 13.9 Å². The molecule has 1 fully saturated rings. The molecule has 2 amide bonds. The van der Waals surface area contributed by atoms with Gasteiger partial charge < -0.3 is 19.4 Å². The van der Waals surface area contributed by atoms with Crippen LogP contribution in [0.25, 0.3) is 22.2 Å². The maximum Gasteiger partial charge on any atom is 0.322 e. The van der Waals surface area contributed by atoms with Crippen LogP contribution in [0.4, 0.5) is 10.5 Å². The number of hydrogen-bond donors (Lipinski definition) is 1. The van der Waals surface area contributed by atoms with Gasteiger partial charge in [0.2, 0.25) is 5.89 Å². The molecule has 7 nitrogen and oxygen atoms in total. The number of urea groups is 1. The highest BCUT2D eigenvalue weighted by Crippen LogP contribution is 2.36. The number of nitrogens with zero attached hydrogens (tertiary/aromatic N) is 3. The number of methoxy groups -OCH3 is 1. The summed E-state index contributed by atoms with van der Waals surface area (Å²) in [6, 6.07) is 22.2. The molecule has 1 unspecified atom stereocenters. The second-order valence-electron chi connectivity index (χ2n) is 7.91. The number of carbonyl (C=O) groups excluding carboxylic acids is 1. The Morgan fingerprint density at radius 2 is 2.00 bits per heavy atom. The minimum atomic E-state index is -0.231. The summed E-state index contributed by atoms with van der Waals surface area (Å²) in [7, 11) is 1.66. The summed E-state index contributed by atoms with van der Waals surface area (Å²) in [5, 5.41) is 11.8. The summed E-state index contributed by atoms with van der Waals surface area (Å²) in [5.41, 5.74) is 4.59. The first kappa shape index (κ1) is 20.6. The van der Waals surface area contributed by atoms with Gasteiger partial charge in [-0.2, -0.15) is 5.26 Å². The highest BCUT2D eigenvalue weighted by molar-refractivity contribution is 5.90. The molecule has 1 aliphatic heterocycles. The Labute approximate surface area is 191 Å². The maximum atomic E-state index is 12.9. The molecule has 2 heterocycles. The zero-order valence-corrected chi connectivity index (χ0v) is 18.1. The molecule has 1 aromatic heterocycles. The standard InChI is InChI=1S/C26H22N4O3/c1-32-23-7-3-2-5-20(23)18-10-13-24-21(15-18)29-25(33-24)22-6-4-14-30(22)26(31)28-19-11-8-17(16-27)9-12-19/h2-3,5,7-13,15,22H,4,6,14H2,1H3,(H,28,31). The molecule has 0 spiro atoms. The van der Waals surface area contributed by atoms with Gasteiger partial charge >= 0.3 is 6.03 Å². The number of amides is 2. The van der Waals surface area contributed by atoms with Crippen LogP contribution in [0.1, 0.15) is 30.3 Å². The van der Waals surface area contributed by atoms with Gasteiger partial charge in [0, 0.05) is 17.8 Å². The highest BCUT2D eigenvalue weighted by atomic mass is 16.5. The molecule has 1 atom stereocenters. The SMILES string of the molecule is COc1ccccc1-c1ccc2oc(C3CCCN3C(=O)Nc3ccc(C#N)cc3)nc2c1. The Kier molecular flexibility index (Phi) is 5.41. The van der Waals surface area contributed by atoms with E-state index in [1.54, 1.807) is 36.3 Å². The van der Waals surface area contributed by atoms with Crippen LogP contribution in [-0.4, -0.2) is 29.6 Å². The number of nitriles is 1. The lowest BCUT2D eigenvalue weighted by Gasteiger charge is -2.22. The molecule has 1 saturated heterocycles. The normalized spacial score (nSPS) is 15.4. The maximum absolute atomic E-state index is 12.9. The van der Waals surface area contributed by atoms with E-state index in [1.165, 1.54) is 0 Å². The second kappa shape index (κ2) is 8.67. The average molecular weight is 438 g/mol. The molecule has 7 heteroatoms. The summed E-state index contributed by atoms with van der Waals surface area (Å²) < 4.78 is 11.5. The van der Waals surface area contributed by atoms with Crippen LogP contribution in [0.2, 0.25) is 0 Å². The predicted molar refractivity (Wildman–Crippen MR) is 125 cm³/mol. The van der Waals surface area contributed by atoms with Crippen LogP contribution in [0, 0.1) is 11.3 Å². The first-order valence-corrected chi connectivity index (χ1v) is 10.8. The third-order valence-electron chi connectivity index (χ3n) is 5.89. The number of fused-ring (bicyclic) bond motifs is 1. The number of likely N-dealkylation sites (tertiary alicyclic amines) is 1. The molecular formula is C26H22N4O3. The minimum Gasteiger partial charge on any atom is -0.496 e. The van der Waals surface area contributed by atoms with Crippen molar-refractivity contribution in [2.24, 2.45) is 0 Å². The lowest BCUT2D eigenvalue weighted by Crippen LogP contribution is -2.34. The van der Waals surface area contributed by atoms with Gasteiger partial charge in [-0.1, -0.05) is 24.3 Å². The molecule has 0 radical (unpaired) electrons. The third kappa shape index (κ3) is 3.99. The van der Waals surface area contributed by atoms with Crippen LogP contribution in [0.3, 0.4) is 0 Å². The smallest absolute Gasteiger partial charge is 0.322 e. The summed E-state index contributed by atoms with van der Waals surface area (Å²) >= 11 is 0. The van der Waals surface area contributed by atoms with Gasteiger partial charge in [0.15, 0.2) is 5.58 Å². The summed E-state index contributed by atoms with van der Waals surface area (Å²) in [6.07, 6.45) is 1.66. The number of ether oxygens (including phenoxy) is 1. The van der Waals surface area contributed by atoms with Crippen molar-refractivity contribution in [1.82, 2.24) is 9.88 Å². The van der Waals surface area contributed by atoms with Gasteiger partial charge in [-0.05, 0) is 60.9 Å². The number of para-hydroxylation sites is 1. The zero-order valence-electron chi connectivity index (χ0n) is 18.1. The highest BCUT2D eigenvalue weighted by Gasteiger charge is 2.33. The van der Waals surface area contributed by atoms with E-state index in [1.807, 2.05) is 42.5 Å². The molecule has 5 rings (SSSR count). The molecule has 1 N–H and O–H groups in total. The quantitative estimate of drug-likeness (QED) is 0.438. The van der Waals surface area contributed by atoms with Crippen LogP contribution >= 0.6 is 0 Å². The fourth-order valence-electron chi connectivity index (χ4n) is 4.23. The van der Waals surface area contributed by atoms with E-state index in [0.717, 1.165) is 35.2 Å². The largest absolute Gasteiger partial charge is 0.496 e. The van der Waals surface area contributed by atoms with Gasteiger partial charge in [0.25, 0.3) is 0 Å². The monoisotopic (exact) mass is 438 g/mol. The number of anilines is 1. The first-order chi connectivity index (χ1) is 16.2. The fourth-order valence-corrected chi connectivity index (χ4v) is 4.23. The van der Waals surface area contributed by atoms with Crippen LogP contribution in [0.15, 0.2) is 71.1 Å². The Balaban J connectivity index is 1.39. The summed E-state index contributed by atoms with van der Waals surface area (Å²) in [5.74, 6) is 1.33. The Hall–Kier alpha value is -4.31. The van der Waals surface area contributed by atoms with Crippen molar-refractivity contribution in [3.8, 4) is 22.9 Å². The third-order valence-corrected chi connectivity index (χ3v) is 5.89. The van der Waals surface area contributed by atoms with Gasteiger partial charge in [0.05, 0.1) is 18.7 Å². The fraction of sp³-hybridized carbons (Fsp3) is 0.192. The molecule has 0 bridgehead atoms. The van der Waals surface area contributed by atoms with Crippen molar-refractivity contribution in [2.45, 2.75) is 18.9 Å². The molecular weight excluding hydrogens is 416 g/mol. The summed E-state index contributed by atoms with van der Waals surface area (Å²) in [4.78, 5) is 19.4. The minimum absolute atomic E-state index is 0.209. The van der Waals surface area contributed by atoms with E-state index in [9.17, 15) is 4.79 Å². The van der Waals surface area contributed by atoms with Gasteiger partial charge in [-0.3, -0.25) is 0 Å². The van der Waals surface area contributed by atoms with Crippen LogP contribution in [0.5, 0.6) is 5.75 Å². The van der Waals surface area contributed by atoms with E-state index in [0.29, 0.717) is 29.3 Å². The topological polar surface area (TPSA) is 91.4 Å². The number of carbonyl (C=O) groups is 1. The molecule has 0 saturated carbocycles. The van der Waals surface area contributed by atoms with E-state index in [4.69, 9.17) is 19.4 Å².